The normalized spacial score (nSPS) is 11.4. The van der Waals surface area contributed by atoms with Gasteiger partial charge in [-0.25, -0.2) is 4.68 Å². The van der Waals surface area contributed by atoms with Gasteiger partial charge in [0.15, 0.2) is 10.4 Å². The Balaban J connectivity index is 2.48. The van der Waals surface area contributed by atoms with E-state index in [-0.39, 0.29) is 0 Å². The van der Waals surface area contributed by atoms with E-state index in [0.29, 0.717) is 4.77 Å². The van der Waals surface area contributed by atoms with Gasteiger partial charge < -0.3 is 4.98 Å². The van der Waals surface area contributed by atoms with Gasteiger partial charge in [-0.3, -0.25) is 4.57 Å². The van der Waals surface area contributed by atoms with E-state index in [1.54, 1.807) is 0 Å². The molecule has 2 aromatic heterocycles. The van der Waals surface area contributed by atoms with Gasteiger partial charge in [0.25, 0.3) is 0 Å². The number of aromatic amines is 1. The number of aromatic nitrogens is 4. The van der Waals surface area contributed by atoms with Crippen molar-refractivity contribution >= 4 is 55.2 Å². The Morgan fingerprint density at radius 1 is 1.30 bits per heavy atom. The van der Waals surface area contributed by atoms with Crippen molar-refractivity contribution in [2.45, 2.75) is 20.4 Å². The lowest BCUT2D eigenvalue weighted by atomic mass is 10.3. The molecule has 0 atom stereocenters. The fourth-order valence-corrected chi connectivity index (χ4v) is 3.97. The van der Waals surface area contributed by atoms with Crippen LogP contribution in [-0.4, -0.2) is 19.3 Å². The molecule has 0 aliphatic carbocycles. The number of H-pyrrole nitrogens is 1. The van der Waals surface area contributed by atoms with E-state index in [1.807, 2.05) is 34.4 Å². The van der Waals surface area contributed by atoms with Crippen molar-refractivity contribution in [2.75, 3.05) is 0 Å². The van der Waals surface area contributed by atoms with Crippen molar-refractivity contribution in [1.29, 1.82) is 0 Å². The van der Waals surface area contributed by atoms with Crippen molar-refractivity contribution < 1.29 is 0 Å². The minimum absolute atomic E-state index is 0.662. The predicted molar refractivity (Wildman–Crippen MR) is 90.1 cm³/mol. The molecule has 0 fully saturated rings. The molecule has 3 aromatic rings. The molecule has 0 amide bonds. The number of halogens is 2. The summed E-state index contributed by atoms with van der Waals surface area (Å²) in [6.45, 7) is 4.85. The summed E-state index contributed by atoms with van der Waals surface area (Å²) < 4.78 is 6.59. The van der Waals surface area contributed by atoms with Crippen LogP contribution in [0, 0.1) is 11.7 Å². The van der Waals surface area contributed by atoms with E-state index in [4.69, 9.17) is 12.2 Å². The summed E-state index contributed by atoms with van der Waals surface area (Å²) in [7, 11) is 0. The van der Waals surface area contributed by atoms with Crippen LogP contribution in [0.2, 0.25) is 0 Å². The molecule has 4 nitrogen and oxygen atoms in total. The van der Waals surface area contributed by atoms with E-state index >= 15 is 0 Å². The molecule has 0 unspecified atom stereocenters. The first-order valence-corrected chi connectivity index (χ1v) is 8.16. The first-order chi connectivity index (χ1) is 9.54. The number of aryl methyl sites for hydroxylation is 2. The average molecular weight is 416 g/mol. The minimum atomic E-state index is 0.662. The van der Waals surface area contributed by atoms with Crippen LogP contribution in [-0.2, 0) is 6.54 Å². The molecule has 0 aliphatic rings. The minimum Gasteiger partial charge on any atom is -0.327 e. The van der Waals surface area contributed by atoms with Crippen LogP contribution in [0.3, 0.4) is 0 Å². The lowest BCUT2D eigenvalue weighted by Gasteiger charge is -2.10. The molecule has 2 heterocycles. The molecule has 0 aliphatic heterocycles. The van der Waals surface area contributed by atoms with Gasteiger partial charge in [-0.15, -0.1) is 0 Å². The fourth-order valence-electron chi connectivity index (χ4n) is 2.33. The quantitative estimate of drug-likeness (QED) is 0.614. The van der Waals surface area contributed by atoms with E-state index in [1.165, 1.54) is 0 Å². The molecule has 20 heavy (non-hydrogen) atoms. The van der Waals surface area contributed by atoms with Crippen molar-refractivity contribution in [3.05, 3.63) is 37.6 Å². The van der Waals surface area contributed by atoms with Gasteiger partial charge in [-0.05, 0) is 70.1 Å². The van der Waals surface area contributed by atoms with Crippen LogP contribution in [0.25, 0.3) is 16.9 Å². The molecule has 1 N–H and O–H groups in total. The van der Waals surface area contributed by atoms with E-state index in [2.05, 4.69) is 48.9 Å². The number of fused-ring (bicyclic) bond motifs is 1. The summed E-state index contributed by atoms with van der Waals surface area (Å²) >= 11 is 12.7. The number of hydrogen-bond acceptors (Lipinski definition) is 2. The molecule has 0 radical (unpaired) electrons. The van der Waals surface area contributed by atoms with Crippen LogP contribution in [0.15, 0.2) is 27.1 Å². The highest BCUT2D eigenvalue weighted by molar-refractivity contribution is 9.11. The smallest absolute Gasteiger partial charge is 0.184 e. The lowest BCUT2D eigenvalue weighted by molar-refractivity contribution is 0.661. The standard InChI is InChI=1S/C13H12Br2N4S/c1-3-18-12-10(7(2)17-18)16-13(20)19(12)11-8(14)5-4-6-9(11)15/h4-6H,3H2,1-2H3,(H,16,20). The van der Waals surface area contributed by atoms with Gasteiger partial charge in [0.05, 0.1) is 11.4 Å². The number of imidazole rings is 1. The fraction of sp³-hybridized carbons (Fsp3) is 0.231. The molecule has 0 spiro atoms. The summed E-state index contributed by atoms with van der Waals surface area (Å²) in [6.07, 6.45) is 0. The Bertz CT molecular complexity index is 839. The monoisotopic (exact) mass is 414 g/mol. The lowest BCUT2D eigenvalue weighted by Crippen LogP contribution is -2.04. The highest BCUT2D eigenvalue weighted by Crippen LogP contribution is 2.32. The van der Waals surface area contributed by atoms with Crippen molar-refractivity contribution in [2.24, 2.45) is 0 Å². The third kappa shape index (κ3) is 1.99. The maximum Gasteiger partial charge on any atom is 0.184 e. The molecule has 0 bridgehead atoms. The zero-order valence-corrected chi connectivity index (χ0v) is 14.9. The van der Waals surface area contributed by atoms with Gasteiger partial charge >= 0.3 is 0 Å². The van der Waals surface area contributed by atoms with E-state index < -0.39 is 0 Å². The molecular weight excluding hydrogens is 404 g/mol. The largest absolute Gasteiger partial charge is 0.327 e. The number of benzene rings is 1. The van der Waals surface area contributed by atoms with Crippen LogP contribution in [0.1, 0.15) is 12.6 Å². The van der Waals surface area contributed by atoms with E-state index in [9.17, 15) is 0 Å². The Kier molecular flexibility index (Phi) is 3.60. The third-order valence-electron chi connectivity index (χ3n) is 3.21. The van der Waals surface area contributed by atoms with E-state index in [0.717, 1.165) is 38.0 Å². The van der Waals surface area contributed by atoms with Crippen molar-refractivity contribution in [3.63, 3.8) is 0 Å². The summed E-state index contributed by atoms with van der Waals surface area (Å²) in [4.78, 5) is 3.26. The van der Waals surface area contributed by atoms with Crippen LogP contribution in [0.4, 0.5) is 0 Å². The van der Waals surface area contributed by atoms with Crippen LogP contribution < -0.4 is 0 Å². The van der Waals surface area contributed by atoms with Crippen molar-refractivity contribution in [1.82, 2.24) is 19.3 Å². The second-order valence-electron chi connectivity index (χ2n) is 4.44. The highest BCUT2D eigenvalue weighted by atomic mass is 79.9. The Morgan fingerprint density at radius 2 is 1.95 bits per heavy atom. The Labute approximate surface area is 138 Å². The Hall–Kier alpha value is -0.920. The predicted octanol–water partition coefficient (Wildman–Crippen LogP) is 4.74. The van der Waals surface area contributed by atoms with Gasteiger partial charge in [0.1, 0.15) is 5.52 Å². The number of nitrogens with one attached hydrogen (secondary N) is 1. The second kappa shape index (κ2) is 5.13. The number of rotatable bonds is 2. The summed E-state index contributed by atoms with van der Waals surface area (Å²) in [5.74, 6) is 0. The maximum absolute atomic E-state index is 5.50. The first-order valence-electron chi connectivity index (χ1n) is 6.17. The average Bonchev–Trinajstić information content (AvgIpc) is 2.88. The molecule has 1 aromatic carbocycles. The van der Waals surface area contributed by atoms with Gasteiger partial charge in [0, 0.05) is 15.5 Å². The van der Waals surface area contributed by atoms with Gasteiger partial charge in [0.2, 0.25) is 0 Å². The topological polar surface area (TPSA) is 38.5 Å². The first kappa shape index (κ1) is 14.0. The number of para-hydroxylation sites is 1. The van der Waals surface area contributed by atoms with Gasteiger partial charge in [-0.2, -0.15) is 5.10 Å². The number of hydrogen-bond donors (Lipinski definition) is 1. The third-order valence-corrected chi connectivity index (χ3v) is 4.77. The second-order valence-corrected chi connectivity index (χ2v) is 6.53. The molecule has 104 valence electrons. The maximum atomic E-state index is 5.50. The molecule has 0 saturated carbocycles. The number of nitrogens with zero attached hydrogens (tertiary/aromatic N) is 3. The van der Waals surface area contributed by atoms with Crippen molar-refractivity contribution in [3.8, 4) is 5.69 Å². The molecular formula is C13H12Br2N4S. The van der Waals surface area contributed by atoms with Gasteiger partial charge in [-0.1, -0.05) is 6.07 Å². The summed E-state index contributed by atoms with van der Waals surface area (Å²) in [5.41, 5.74) is 3.91. The van der Waals surface area contributed by atoms with Crippen LogP contribution >= 0.6 is 44.1 Å². The molecule has 3 rings (SSSR count). The summed E-state index contributed by atoms with van der Waals surface area (Å²) in [6, 6.07) is 5.98. The molecule has 0 saturated heterocycles. The SMILES string of the molecule is CCn1nc(C)c2[nH]c(=S)n(-c3c(Br)cccc3Br)c21. The Morgan fingerprint density at radius 3 is 2.55 bits per heavy atom. The zero-order valence-electron chi connectivity index (χ0n) is 10.9. The van der Waals surface area contributed by atoms with Crippen LogP contribution in [0.5, 0.6) is 0 Å². The highest BCUT2D eigenvalue weighted by Gasteiger charge is 2.18. The molecule has 7 heteroatoms. The summed E-state index contributed by atoms with van der Waals surface area (Å²) in [5, 5.41) is 4.54. The zero-order chi connectivity index (χ0) is 14.4.